The molecule has 0 saturated carbocycles. The minimum Gasteiger partial charge on any atom is -0.493 e. The second kappa shape index (κ2) is 6.34. The molecular formula is C22H28NO4+. The van der Waals surface area contributed by atoms with E-state index in [4.69, 9.17) is 18.9 Å². The zero-order valence-electron chi connectivity index (χ0n) is 17.0. The van der Waals surface area contributed by atoms with Crippen LogP contribution in [0.1, 0.15) is 34.3 Å². The van der Waals surface area contributed by atoms with Gasteiger partial charge in [0, 0.05) is 24.0 Å². The minimum atomic E-state index is 0.365. The highest BCUT2D eigenvalue weighted by atomic mass is 16.5. The number of hydrogen-bond acceptors (Lipinski definition) is 4. The van der Waals surface area contributed by atoms with Crippen LogP contribution in [-0.4, -0.2) is 47.0 Å². The average molecular weight is 370 g/mol. The van der Waals surface area contributed by atoms with Crippen molar-refractivity contribution < 1.29 is 23.4 Å². The van der Waals surface area contributed by atoms with Gasteiger partial charge in [-0.25, -0.2) is 0 Å². The van der Waals surface area contributed by atoms with Crippen LogP contribution in [0.2, 0.25) is 0 Å². The van der Waals surface area contributed by atoms with Crippen molar-refractivity contribution >= 4 is 0 Å². The Kier molecular flexibility index (Phi) is 4.22. The Morgan fingerprint density at radius 3 is 1.30 bits per heavy atom. The summed E-state index contributed by atoms with van der Waals surface area (Å²) in [5.41, 5.74) is 5.41. The minimum absolute atomic E-state index is 0.365. The number of quaternary nitrogens is 1. The van der Waals surface area contributed by atoms with E-state index in [1.54, 1.807) is 28.4 Å². The van der Waals surface area contributed by atoms with Crippen molar-refractivity contribution in [1.29, 1.82) is 0 Å². The van der Waals surface area contributed by atoms with Gasteiger partial charge in [0.15, 0.2) is 23.0 Å². The highest BCUT2D eigenvalue weighted by molar-refractivity contribution is 5.54. The normalized spacial score (nSPS) is 21.7. The van der Waals surface area contributed by atoms with Gasteiger partial charge in [-0.05, 0) is 35.4 Å². The van der Waals surface area contributed by atoms with E-state index in [2.05, 4.69) is 38.4 Å². The van der Waals surface area contributed by atoms with Gasteiger partial charge >= 0.3 is 0 Å². The second-order valence-corrected chi connectivity index (χ2v) is 7.88. The first kappa shape index (κ1) is 18.0. The molecule has 5 nitrogen and oxygen atoms in total. The molecule has 144 valence electrons. The highest BCUT2D eigenvalue weighted by Gasteiger charge is 2.49. The Hall–Kier alpha value is -2.40. The fourth-order valence-corrected chi connectivity index (χ4v) is 4.89. The molecule has 2 bridgehead atoms. The van der Waals surface area contributed by atoms with E-state index in [-0.39, 0.29) is 0 Å². The molecule has 2 unspecified atom stereocenters. The standard InChI is InChI=1S/C22H28NO4/c1-23(2)17-7-13-9-19(24-3)21(26-5)11-15(13)18(23)8-14-10-20(25-4)22(27-6)12-16(14)17/h9-12,17-18H,7-8H2,1-6H3/q+1. The van der Waals surface area contributed by atoms with E-state index in [1.807, 2.05) is 0 Å². The molecule has 0 radical (unpaired) electrons. The molecule has 0 N–H and O–H groups in total. The topological polar surface area (TPSA) is 36.9 Å². The molecule has 2 aliphatic heterocycles. The fourth-order valence-electron chi connectivity index (χ4n) is 4.89. The SMILES string of the molecule is COc1cc2c(cc1OC)C1Cc3cc(OC)c(OC)cc3C(C2)[N+]1(C)C. The van der Waals surface area contributed by atoms with Gasteiger partial charge in [-0.2, -0.15) is 0 Å². The van der Waals surface area contributed by atoms with Crippen LogP contribution in [0.5, 0.6) is 23.0 Å². The first-order valence-corrected chi connectivity index (χ1v) is 9.27. The third-order valence-electron chi connectivity index (χ3n) is 6.44. The lowest BCUT2D eigenvalue weighted by atomic mass is 9.75. The molecule has 0 saturated heterocycles. The molecule has 5 heteroatoms. The monoisotopic (exact) mass is 370 g/mol. The Labute approximate surface area is 161 Å². The number of benzene rings is 2. The van der Waals surface area contributed by atoms with Crippen LogP contribution in [0.3, 0.4) is 0 Å². The smallest absolute Gasteiger partial charge is 0.161 e. The predicted molar refractivity (Wildman–Crippen MR) is 104 cm³/mol. The number of ether oxygens (including phenoxy) is 4. The van der Waals surface area contributed by atoms with E-state index in [1.165, 1.54) is 22.3 Å². The Morgan fingerprint density at radius 1 is 0.630 bits per heavy atom. The Bertz CT molecular complexity index is 819. The largest absolute Gasteiger partial charge is 0.493 e. The zero-order chi connectivity index (χ0) is 19.3. The summed E-state index contributed by atoms with van der Waals surface area (Å²) in [6.07, 6.45) is 1.92. The third-order valence-corrected chi connectivity index (χ3v) is 6.44. The number of nitrogens with zero attached hydrogens (tertiary/aromatic N) is 1. The number of methoxy groups -OCH3 is 4. The van der Waals surface area contributed by atoms with Gasteiger partial charge in [0.2, 0.25) is 0 Å². The van der Waals surface area contributed by atoms with Gasteiger partial charge in [-0.3, -0.25) is 0 Å². The maximum absolute atomic E-state index is 5.58. The summed E-state index contributed by atoms with van der Waals surface area (Å²) in [5.74, 6) is 3.20. The van der Waals surface area contributed by atoms with E-state index < -0.39 is 0 Å². The quantitative estimate of drug-likeness (QED) is 0.769. The van der Waals surface area contributed by atoms with Crippen molar-refractivity contribution in [1.82, 2.24) is 0 Å². The van der Waals surface area contributed by atoms with E-state index in [0.717, 1.165) is 40.3 Å². The zero-order valence-corrected chi connectivity index (χ0v) is 17.0. The summed E-state index contributed by atoms with van der Waals surface area (Å²) >= 11 is 0. The number of likely N-dealkylation sites (N-methyl/N-ethyl adjacent to an activating group) is 1. The molecule has 0 fully saturated rings. The predicted octanol–water partition coefficient (Wildman–Crippen LogP) is 3.69. The Morgan fingerprint density at radius 2 is 0.963 bits per heavy atom. The molecule has 0 amide bonds. The number of fused-ring (bicyclic) bond motifs is 6. The van der Waals surface area contributed by atoms with Crippen LogP contribution in [0.25, 0.3) is 0 Å². The van der Waals surface area contributed by atoms with Crippen molar-refractivity contribution in [2.24, 2.45) is 0 Å². The lowest BCUT2D eigenvalue weighted by molar-refractivity contribution is -0.955. The Balaban J connectivity index is 1.89. The van der Waals surface area contributed by atoms with Crippen molar-refractivity contribution in [2.75, 3.05) is 42.5 Å². The van der Waals surface area contributed by atoms with Gasteiger partial charge < -0.3 is 23.4 Å². The molecule has 2 atom stereocenters. The molecule has 2 aromatic rings. The molecule has 2 heterocycles. The van der Waals surface area contributed by atoms with E-state index in [0.29, 0.717) is 12.1 Å². The van der Waals surface area contributed by atoms with Gasteiger partial charge in [-0.15, -0.1) is 0 Å². The molecular weight excluding hydrogens is 342 g/mol. The van der Waals surface area contributed by atoms with Crippen LogP contribution in [0.4, 0.5) is 0 Å². The van der Waals surface area contributed by atoms with Crippen molar-refractivity contribution in [3.8, 4) is 23.0 Å². The van der Waals surface area contributed by atoms with Crippen molar-refractivity contribution in [2.45, 2.75) is 24.9 Å². The van der Waals surface area contributed by atoms with E-state index in [9.17, 15) is 0 Å². The van der Waals surface area contributed by atoms with E-state index >= 15 is 0 Å². The maximum Gasteiger partial charge on any atom is 0.161 e. The molecule has 0 spiro atoms. The van der Waals surface area contributed by atoms with Gasteiger partial charge in [0.1, 0.15) is 12.1 Å². The molecule has 4 rings (SSSR count). The van der Waals surface area contributed by atoms with Crippen LogP contribution < -0.4 is 18.9 Å². The van der Waals surface area contributed by atoms with Crippen LogP contribution >= 0.6 is 0 Å². The summed E-state index contributed by atoms with van der Waals surface area (Å²) in [5, 5.41) is 0. The van der Waals surface area contributed by atoms with Gasteiger partial charge in [0.25, 0.3) is 0 Å². The summed E-state index contributed by atoms with van der Waals surface area (Å²) in [7, 11) is 11.4. The second-order valence-electron chi connectivity index (χ2n) is 7.88. The van der Waals surface area contributed by atoms with Crippen molar-refractivity contribution in [3.63, 3.8) is 0 Å². The van der Waals surface area contributed by atoms with Crippen LogP contribution in [0, 0.1) is 0 Å². The molecule has 2 aromatic carbocycles. The number of rotatable bonds is 4. The molecule has 0 aromatic heterocycles. The highest BCUT2D eigenvalue weighted by Crippen LogP contribution is 2.53. The van der Waals surface area contributed by atoms with Crippen LogP contribution in [0.15, 0.2) is 24.3 Å². The summed E-state index contributed by atoms with van der Waals surface area (Å²) in [6, 6.07) is 9.37. The molecule has 27 heavy (non-hydrogen) atoms. The number of hydrogen-bond donors (Lipinski definition) is 0. The average Bonchev–Trinajstić information content (AvgIpc) is 2.66. The third kappa shape index (κ3) is 2.56. The van der Waals surface area contributed by atoms with Gasteiger partial charge in [0.05, 0.1) is 42.5 Å². The summed E-state index contributed by atoms with van der Waals surface area (Å²) in [4.78, 5) is 0. The van der Waals surface area contributed by atoms with Crippen molar-refractivity contribution in [3.05, 3.63) is 46.5 Å². The maximum atomic E-state index is 5.58. The van der Waals surface area contributed by atoms with Gasteiger partial charge in [-0.1, -0.05) is 0 Å². The molecule has 0 aliphatic carbocycles. The lowest BCUT2D eigenvalue weighted by Gasteiger charge is -2.52. The lowest BCUT2D eigenvalue weighted by Crippen LogP contribution is -2.53. The van der Waals surface area contributed by atoms with Crippen LogP contribution in [-0.2, 0) is 12.8 Å². The first-order valence-electron chi connectivity index (χ1n) is 9.27. The summed E-state index contributed by atoms with van der Waals surface area (Å²) in [6.45, 7) is 0. The summed E-state index contributed by atoms with van der Waals surface area (Å²) < 4.78 is 23.2. The first-order chi connectivity index (χ1) is 12.9. The molecule has 2 aliphatic rings. The fraction of sp³-hybridized carbons (Fsp3) is 0.455.